The molecule has 1 aromatic carbocycles. The predicted molar refractivity (Wildman–Crippen MR) is 202 cm³/mol. The fraction of sp³-hybridized carbons (Fsp3) is 0.561. The summed E-state index contributed by atoms with van der Waals surface area (Å²) in [6.45, 7) is 3.12. The van der Waals surface area contributed by atoms with E-state index in [2.05, 4.69) is 4.98 Å². The van der Waals surface area contributed by atoms with E-state index in [-0.39, 0.29) is 44.1 Å². The number of alkyl halides is 6. The van der Waals surface area contributed by atoms with Gasteiger partial charge < -0.3 is 29.9 Å². The average Bonchev–Trinajstić information content (AvgIpc) is 3.62. The van der Waals surface area contributed by atoms with Crippen LogP contribution in [0.3, 0.4) is 0 Å². The first kappa shape index (κ1) is 44.7. The highest BCUT2D eigenvalue weighted by molar-refractivity contribution is 7.10. The molecule has 0 spiro atoms. The van der Waals surface area contributed by atoms with Crippen LogP contribution in [0.4, 0.5) is 26.3 Å². The van der Waals surface area contributed by atoms with Crippen LogP contribution in [-0.4, -0.2) is 80.2 Å². The number of pyridine rings is 1. The van der Waals surface area contributed by atoms with Gasteiger partial charge in [-0.1, -0.05) is 38.0 Å². The quantitative estimate of drug-likeness (QED) is 0.121. The maximum absolute atomic E-state index is 14.0. The number of rotatable bonds is 12. The van der Waals surface area contributed by atoms with Crippen molar-refractivity contribution in [3.8, 4) is 11.5 Å². The third kappa shape index (κ3) is 10.4. The van der Waals surface area contributed by atoms with Gasteiger partial charge in [-0.15, -0.1) is 11.3 Å². The number of thiophene rings is 1. The molecule has 2 aliphatic heterocycles. The summed E-state index contributed by atoms with van der Waals surface area (Å²) in [6.07, 6.45) is -0.757. The first-order chi connectivity index (χ1) is 27.4. The number of ether oxygens (including phenoxy) is 1. The van der Waals surface area contributed by atoms with Gasteiger partial charge in [0, 0.05) is 48.9 Å². The van der Waals surface area contributed by atoms with Crippen LogP contribution in [0, 0.1) is 11.3 Å². The normalized spacial score (nSPS) is 20.3. The molecule has 58 heavy (non-hydrogen) atoms. The number of aliphatic hydroxyl groups is 1. The molecule has 6 rings (SSSR count). The first-order valence-electron chi connectivity index (χ1n) is 19.5. The van der Waals surface area contributed by atoms with E-state index in [0.717, 1.165) is 43.2 Å². The summed E-state index contributed by atoms with van der Waals surface area (Å²) in [4.78, 5) is 45.3. The topological polar surface area (TPSA) is 140 Å². The monoisotopic (exact) mass is 841 g/mol. The number of carbonyl (C=O) groups excluding carboxylic acids is 2. The molecular weight excluding hydrogens is 793 g/mol. The number of hydrogen-bond donors (Lipinski definition) is 3. The fourth-order valence-corrected chi connectivity index (χ4v) is 8.80. The SMILES string of the molecule is CCCC1C(C(=O)N2CCC(O)(c3ccccc3OCCCCC3(C(=O)O)CCC3)CC2)CCCN1C(=O)c1ncccc1C(F)(F)F.Oc1csc(C(F)(F)F)c1. The lowest BCUT2D eigenvalue weighted by molar-refractivity contribution is -0.155. The number of carboxylic acid groups (broad SMARTS) is 1. The molecule has 10 nitrogen and oxygen atoms in total. The van der Waals surface area contributed by atoms with Gasteiger partial charge in [-0.25, -0.2) is 0 Å². The molecule has 1 aliphatic carbocycles. The maximum atomic E-state index is 14.0. The van der Waals surface area contributed by atoms with Crippen molar-refractivity contribution in [3.63, 3.8) is 0 Å². The third-order valence-corrected chi connectivity index (χ3v) is 12.4. The number of halogens is 6. The van der Waals surface area contributed by atoms with Gasteiger partial charge in [-0.2, -0.15) is 26.3 Å². The second-order valence-electron chi connectivity index (χ2n) is 15.3. The molecule has 318 valence electrons. The number of para-hydroxylation sites is 1. The number of nitrogens with zero attached hydrogens (tertiary/aromatic N) is 3. The fourth-order valence-electron chi connectivity index (χ4n) is 8.17. The molecule has 2 aromatic heterocycles. The van der Waals surface area contributed by atoms with Crippen molar-refractivity contribution < 1.29 is 60.8 Å². The lowest BCUT2D eigenvalue weighted by Gasteiger charge is -2.45. The van der Waals surface area contributed by atoms with E-state index in [4.69, 9.17) is 9.84 Å². The van der Waals surface area contributed by atoms with Crippen molar-refractivity contribution in [2.75, 3.05) is 26.2 Å². The van der Waals surface area contributed by atoms with Gasteiger partial charge in [0.05, 0.1) is 29.1 Å². The molecule has 2 atom stereocenters. The molecule has 17 heteroatoms. The van der Waals surface area contributed by atoms with Crippen molar-refractivity contribution in [1.82, 2.24) is 14.8 Å². The Kier molecular flexibility index (Phi) is 14.4. The molecule has 0 bridgehead atoms. The number of unbranched alkanes of at least 4 members (excludes halogenated alkanes) is 1. The smallest absolute Gasteiger partial charge is 0.425 e. The lowest BCUT2D eigenvalue weighted by atomic mass is 9.66. The summed E-state index contributed by atoms with van der Waals surface area (Å²) in [5, 5.41) is 30.9. The molecule has 3 fully saturated rings. The number of hydrogen-bond acceptors (Lipinski definition) is 8. The Hall–Kier alpha value is -4.38. The van der Waals surface area contributed by atoms with Crippen molar-refractivity contribution >= 4 is 29.1 Å². The number of aromatic nitrogens is 1. The van der Waals surface area contributed by atoms with Crippen LogP contribution in [0.5, 0.6) is 11.5 Å². The minimum atomic E-state index is -4.74. The largest absolute Gasteiger partial charge is 0.507 e. The van der Waals surface area contributed by atoms with E-state index < -0.39 is 63.3 Å². The van der Waals surface area contributed by atoms with E-state index in [0.29, 0.717) is 73.8 Å². The maximum Gasteiger partial charge on any atom is 0.425 e. The predicted octanol–water partition coefficient (Wildman–Crippen LogP) is 8.91. The second kappa shape index (κ2) is 18.7. The molecule has 3 N–H and O–H groups in total. The Bertz CT molecular complexity index is 1870. The Morgan fingerprint density at radius 3 is 2.22 bits per heavy atom. The Morgan fingerprint density at radius 1 is 0.948 bits per heavy atom. The summed E-state index contributed by atoms with van der Waals surface area (Å²) in [5.74, 6) is -2.02. The van der Waals surface area contributed by atoms with Crippen LogP contribution in [0.2, 0.25) is 0 Å². The van der Waals surface area contributed by atoms with Gasteiger partial charge in [0.15, 0.2) is 0 Å². The lowest BCUT2D eigenvalue weighted by Crippen LogP contribution is -2.55. The summed E-state index contributed by atoms with van der Waals surface area (Å²) in [7, 11) is 0. The van der Waals surface area contributed by atoms with E-state index in [1.165, 1.54) is 11.1 Å². The van der Waals surface area contributed by atoms with Crippen molar-refractivity contribution in [1.29, 1.82) is 0 Å². The van der Waals surface area contributed by atoms with E-state index in [1.54, 1.807) is 4.90 Å². The molecule has 1 saturated carbocycles. The summed E-state index contributed by atoms with van der Waals surface area (Å²) in [5.41, 5.74) is -2.90. The number of aromatic hydroxyl groups is 1. The van der Waals surface area contributed by atoms with Crippen LogP contribution in [-0.2, 0) is 27.5 Å². The first-order valence-corrected chi connectivity index (χ1v) is 20.4. The number of benzene rings is 1. The number of carbonyl (C=O) groups is 3. The van der Waals surface area contributed by atoms with Crippen LogP contribution in [0.25, 0.3) is 0 Å². The number of carboxylic acids is 1. The van der Waals surface area contributed by atoms with Crippen LogP contribution < -0.4 is 4.74 Å². The van der Waals surface area contributed by atoms with Crippen molar-refractivity contribution in [3.05, 3.63) is 75.7 Å². The van der Waals surface area contributed by atoms with Gasteiger partial charge in [-0.3, -0.25) is 19.4 Å². The Labute approximate surface area is 336 Å². The molecular formula is C41H49F6N3O7S. The summed E-state index contributed by atoms with van der Waals surface area (Å²) >= 11 is 0.481. The highest BCUT2D eigenvalue weighted by atomic mass is 32.1. The van der Waals surface area contributed by atoms with Gasteiger partial charge in [-0.05, 0) is 82.4 Å². The van der Waals surface area contributed by atoms with E-state index in [1.807, 2.05) is 31.2 Å². The molecule has 3 aliphatic rings. The highest BCUT2D eigenvalue weighted by Crippen LogP contribution is 2.45. The van der Waals surface area contributed by atoms with Gasteiger partial charge in [0.25, 0.3) is 5.91 Å². The number of amides is 2. The molecule has 3 aromatic rings. The summed E-state index contributed by atoms with van der Waals surface area (Å²) in [6, 6.07) is 9.45. The van der Waals surface area contributed by atoms with E-state index in [9.17, 15) is 50.9 Å². The van der Waals surface area contributed by atoms with Crippen molar-refractivity contribution in [2.45, 2.75) is 108 Å². The number of aliphatic carboxylic acids is 1. The molecule has 2 saturated heterocycles. The van der Waals surface area contributed by atoms with E-state index >= 15 is 0 Å². The Morgan fingerprint density at radius 2 is 1.66 bits per heavy atom. The van der Waals surface area contributed by atoms with Crippen LogP contribution in [0.1, 0.15) is 110 Å². The average molecular weight is 842 g/mol. The molecule has 2 unspecified atom stereocenters. The second-order valence-corrected chi connectivity index (χ2v) is 16.2. The highest BCUT2D eigenvalue weighted by Gasteiger charge is 2.46. The summed E-state index contributed by atoms with van der Waals surface area (Å²) < 4.78 is 82.4. The van der Waals surface area contributed by atoms with Crippen LogP contribution in [0.15, 0.2) is 54.0 Å². The number of likely N-dealkylation sites (tertiary alicyclic amines) is 2. The van der Waals surface area contributed by atoms with Gasteiger partial charge in [0.1, 0.15) is 22.1 Å². The standard InChI is InChI=1S/C36H46F3N3O6.C5H3F3OS/c1-2-10-28-25(11-8-21-42(28)32(44)30-27(36(37,38)39)13-7-20-40-30)31(43)41-22-18-35(47,19-23-41)26-12-3-4-14-29(26)48-24-6-5-15-34(33(45)46)16-9-17-34;6-5(7,8)4-1-3(9)2-10-4/h3-4,7,12-14,20,25,28,47H,2,5-6,8-11,15-19,21-24H2,1H3,(H,45,46);1-2,9H. The molecule has 2 amide bonds. The Balaban J connectivity index is 0.000000559. The van der Waals surface area contributed by atoms with Gasteiger partial charge >= 0.3 is 18.3 Å². The van der Waals surface area contributed by atoms with Crippen molar-refractivity contribution in [2.24, 2.45) is 11.3 Å². The third-order valence-electron chi connectivity index (χ3n) is 11.5. The van der Waals surface area contributed by atoms with Gasteiger partial charge in [0.2, 0.25) is 5.91 Å². The zero-order chi connectivity index (χ0) is 42.3. The zero-order valence-electron chi connectivity index (χ0n) is 32.2. The van der Waals surface area contributed by atoms with Crippen LogP contribution >= 0.6 is 11.3 Å². The minimum absolute atomic E-state index is 0.153. The minimum Gasteiger partial charge on any atom is -0.507 e. The molecule has 0 radical (unpaired) electrons. The zero-order valence-corrected chi connectivity index (χ0v) is 33.0. The number of piperidine rings is 2. The molecule has 4 heterocycles.